The fraction of sp³-hybridized carbons (Fsp3) is 0.600. The molecule has 1 aromatic carbocycles. The summed E-state index contributed by atoms with van der Waals surface area (Å²) in [5, 5.41) is 0. The molecular formula is C15H24BrNO2. The van der Waals surface area contributed by atoms with Crippen LogP contribution in [0.5, 0.6) is 11.5 Å². The van der Waals surface area contributed by atoms with Gasteiger partial charge in [-0.1, -0.05) is 13.3 Å². The van der Waals surface area contributed by atoms with Crippen LogP contribution >= 0.6 is 15.9 Å². The number of hydrogen-bond acceptors (Lipinski definition) is 3. The van der Waals surface area contributed by atoms with Crippen LogP contribution in [0, 0.1) is 0 Å². The Morgan fingerprint density at radius 2 is 2.00 bits per heavy atom. The maximum atomic E-state index is 5.85. The summed E-state index contributed by atoms with van der Waals surface area (Å²) in [5.41, 5.74) is 7.01. The molecule has 0 heterocycles. The molecule has 0 bridgehead atoms. The van der Waals surface area contributed by atoms with Gasteiger partial charge in [-0.3, -0.25) is 0 Å². The zero-order chi connectivity index (χ0) is 14.3. The SMILES string of the molecule is CCCCOc1c(Br)cc(CC(C)N)cc1OCC. The van der Waals surface area contributed by atoms with Crippen LogP contribution in [-0.4, -0.2) is 19.3 Å². The number of nitrogens with two attached hydrogens (primary N) is 1. The number of unbranched alkanes of at least 4 members (excludes halogenated alkanes) is 1. The summed E-state index contributed by atoms with van der Waals surface area (Å²) in [5.74, 6) is 1.59. The quantitative estimate of drug-likeness (QED) is 0.735. The molecule has 1 aromatic rings. The third kappa shape index (κ3) is 5.41. The molecule has 4 heteroatoms. The van der Waals surface area contributed by atoms with Crippen molar-refractivity contribution in [3.05, 3.63) is 22.2 Å². The van der Waals surface area contributed by atoms with Gasteiger partial charge in [0.15, 0.2) is 11.5 Å². The molecular weight excluding hydrogens is 306 g/mol. The molecule has 0 aliphatic heterocycles. The van der Waals surface area contributed by atoms with Crippen LogP contribution in [0.1, 0.15) is 39.2 Å². The van der Waals surface area contributed by atoms with Crippen molar-refractivity contribution in [2.45, 2.75) is 46.1 Å². The van der Waals surface area contributed by atoms with Crippen molar-refractivity contribution in [3.8, 4) is 11.5 Å². The first-order valence-electron chi connectivity index (χ1n) is 6.92. The maximum Gasteiger partial charge on any atom is 0.175 e. The fourth-order valence-corrected chi connectivity index (χ4v) is 2.44. The highest BCUT2D eigenvalue weighted by molar-refractivity contribution is 9.10. The Morgan fingerprint density at radius 3 is 2.58 bits per heavy atom. The van der Waals surface area contributed by atoms with E-state index in [0.29, 0.717) is 13.2 Å². The third-order valence-corrected chi connectivity index (χ3v) is 3.26. The summed E-state index contributed by atoms with van der Waals surface area (Å²) in [6.45, 7) is 7.45. The van der Waals surface area contributed by atoms with Gasteiger partial charge in [0, 0.05) is 6.04 Å². The molecule has 1 atom stereocenters. The first-order chi connectivity index (χ1) is 9.08. The summed E-state index contributed by atoms with van der Waals surface area (Å²) in [6.07, 6.45) is 2.98. The average Bonchev–Trinajstić information content (AvgIpc) is 2.32. The maximum absolute atomic E-state index is 5.85. The van der Waals surface area contributed by atoms with E-state index in [1.807, 2.05) is 19.9 Å². The number of benzene rings is 1. The van der Waals surface area contributed by atoms with E-state index in [2.05, 4.69) is 28.9 Å². The monoisotopic (exact) mass is 329 g/mol. The summed E-state index contributed by atoms with van der Waals surface area (Å²) >= 11 is 3.56. The van der Waals surface area contributed by atoms with E-state index in [1.165, 1.54) is 0 Å². The van der Waals surface area contributed by atoms with Gasteiger partial charge in [0.05, 0.1) is 17.7 Å². The molecule has 2 N–H and O–H groups in total. The smallest absolute Gasteiger partial charge is 0.175 e. The molecule has 0 fully saturated rings. The highest BCUT2D eigenvalue weighted by Crippen LogP contribution is 2.37. The van der Waals surface area contributed by atoms with Gasteiger partial charge in [-0.2, -0.15) is 0 Å². The molecule has 108 valence electrons. The van der Waals surface area contributed by atoms with Gasteiger partial charge in [0.25, 0.3) is 0 Å². The Morgan fingerprint density at radius 1 is 1.26 bits per heavy atom. The third-order valence-electron chi connectivity index (χ3n) is 2.67. The summed E-state index contributed by atoms with van der Waals surface area (Å²) in [4.78, 5) is 0. The Balaban J connectivity index is 2.93. The first kappa shape index (κ1) is 16.3. The molecule has 0 aliphatic rings. The van der Waals surface area contributed by atoms with E-state index in [-0.39, 0.29) is 6.04 Å². The highest BCUT2D eigenvalue weighted by Gasteiger charge is 2.12. The Hall–Kier alpha value is -0.740. The van der Waals surface area contributed by atoms with Crippen LogP contribution in [0.15, 0.2) is 16.6 Å². The minimum atomic E-state index is 0.133. The second kappa shape index (κ2) is 8.43. The lowest BCUT2D eigenvalue weighted by molar-refractivity contribution is 0.271. The van der Waals surface area contributed by atoms with Gasteiger partial charge in [0.1, 0.15) is 0 Å². The Kier molecular flexibility index (Phi) is 7.24. The Labute approximate surface area is 124 Å². The van der Waals surface area contributed by atoms with Gasteiger partial charge >= 0.3 is 0 Å². The second-order valence-electron chi connectivity index (χ2n) is 4.72. The molecule has 1 unspecified atom stereocenters. The zero-order valence-electron chi connectivity index (χ0n) is 12.0. The van der Waals surface area contributed by atoms with Crippen molar-refractivity contribution in [1.82, 2.24) is 0 Å². The van der Waals surface area contributed by atoms with Crippen molar-refractivity contribution < 1.29 is 9.47 Å². The molecule has 0 radical (unpaired) electrons. The molecule has 1 rings (SSSR count). The van der Waals surface area contributed by atoms with Gasteiger partial charge in [-0.15, -0.1) is 0 Å². The minimum absolute atomic E-state index is 0.133. The predicted octanol–water partition coefficient (Wildman–Crippen LogP) is 3.92. The number of halogens is 1. The van der Waals surface area contributed by atoms with E-state index < -0.39 is 0 Å². The minimum Gasteiger partial charge on any atom is -0.490 e. The van der Waals surface area contributed by atoms with Crippen molar-refractivity contribution in [2.24, 2.45) is 5.73 Å². The summed E-state index contributed by atoms with van der Waals surface area (Å²) < 4.78 is 12.4. The second-order valence-corrected chi connectivity index (χ2v) is 5.58. The lowest BCUT2D eigenvalue weighted by Gasteiger charge is -2.16. The molecule has 19 heavy (non-hydrogen) atoms. The van der Waals surface area contributed by atoms with Crippen LogP contribution in [0.25, 0.3) is 0 Å². The van der Waals surface area contributed by atoms with E-state index in [9.17, 15) is 0 Å². The van der Waals surface area contributed by atoms with Crippen molar-refractivity contribution in [1.29, 1.82) is 0 Å². The molecule has 0 aromatic heterocycles. The first-order valence-corrected chi connectivity index (χ1v) is 7.71. The topological polar surface area (TPSA) is 44.5 Å². The molecule has 0 amide bonds. The molecule has 3 nitrogen and oxygen atoms in total. The normalized spacial score (nSPS) is 12.3. The molecule has 0 saturated heterocycles. The van der Waals surface area contributed by atoms with E-state index in [0.717, 1.165) is 40.8 Å². The standard InChI is InChI=1S/C15H24BrNO2/c1-4-6-7-19-15-13(16)9-12(8-11(3)17)10-14(15)18-5-2/h9-11H,4-8,17H2,1-3H3. The lowest BCUT2D eigenvalue weighted by atomic mass is 10.1. The van der Waals surface area contributed by atoms with Crippen LogP contribution < -0.4 is 15.2 Å². The lowest BCUT2D eigenvalue weighted by Crippen LogP contribution is -2.17. The van der Waals surface area contributed by atoms with E-state index in [1.54, 1.807) is 0 Å². The number of hydrogen-bond donors (Lipinski definition) is 1. The summed E-state index contributed by atoms with van der Waals surface area (Å²) in [7, 11) is 0. The number of ether oxygens (including phenoxy) is 2. The molecule has 0 aliphatic carbocycles. The van der Waals surface area contributed by atoms with Crippen molar-refractivity contribution in [3.63, 3.8) is 0 Å². The van der Waals surface area contributed by atoms with Crippen LogP contribution in [0.4, 0.5) is 0 Å². The Bertz CT molecular complexity index is 394. The predicted molar refractivity (Wildman–Crippen MR) is 83.1 cm³/mol. The van der Waals surface area contributed by atoms with Crippen LogP contribution in [0.3, 0.4) is 0 Å². The van der Waals surface area contributed by atoms with E-state index in [4.69, 9.17) is 15.2 Å². The van der Waals surface area contributed by atoms with Crippen molar-refractivity contribution in [2.75, 3.05) is 13.2 Å². The largest absolute Gasteiger partial charge is 0.490 e. The zero-order valence-corrected chi connectivity index (χ0v) is 13.6. The van der Waals surface area contributed by atoms with Gasteiger partial charge in [-0.05, 0) is 60.3 Å². The van der Waals surface area contributed by atoms with Crippen LogP contribution in [0.2, 0.25) is 0 Å². The fourth-order valence-electron chi connectivity index (χ4n) is 1.83. The van der Waals surface area contributed by atoms with Gasteiger partial charge in [-0.25, -0.2) is 0 Å². The molecule has 0 spiro atoms. The van der Waals surface area contributed by atoms with Gasteiger partial charge < -0.3 is 15.2 Å². The van der Waals surface area contributed by atoms with Crippen LogP contribution in [-0.2, 0) is 6.42 Å². The van der Waals surface area contributed by atoms with E-state index >= 15 is 0 Å². The average molecular weight is 330 g/mol. The summed E-state index contributed by atoms with van der Waals surface area (Å²) in [6, 6.07) is 4.22. The molecule has 0 saturated carbocycles. The highest BCUT2D eigenvalue weighted by atomic mass is 79.9. The van der Waals surface area contributed by atoms with Gasteiger partial charge in [0.2, 0.25) is 0 Å². The number of rotatable bonds is 8. The van der Waals surface area contributed by atoms with Crippen molar-refractivity contribution >= 4 is 15.9 Å².